The van der Waals surface area contributed by atoms with Crippen LogP contribution in [-0.4, -0.2) is 17.1 Å². The fourth-order valence-electron chi connectivity index (χ4n) is 3.52. The van der Waals surface area contributed by atoms with Crippen molar-refractivity contribution in [2.45, 2.75) is 31.3 Å². The summed E-state index contributed by atoms with van der Waals surface area (Å²) in [5.74, 6) is 2.28. The second kappa shape index (κ2) is 5.93. The molecular formula is C19H20N2O. The Hall–Kier alpha value is -2.13. The molecule has 3 unspecified atom stereocenters. The summed E-state index contributed by atoms with van der Waals surface area (Å²) in [5.41, 5.74) is 1.09. The second-order valence-electron chi connectivity index (χ2n) is 6.18. The molecule has 1 aromatic heterocycles. The molecule has 2 fully saturated rings. The number of ether oxygens (including phenoxy) is 1. The maximum Gasteiger partial charge on any atom is 0.146 e. The van der Waals surface area contributed by atoms with Crippen molar-refractivity contribution in [2.24, 2.45) is 5.92 Å². The Morgan fingerprint density at radius 1 is 1.09 bits per heavy atom. The van der Waals surface area contributed by atoms with Gasteiger partial charge in [-0.15, -0.1) is 0 Å². The number of hydrogen-bond donors (Lipinski definition) is 1. The highest BCUT2D eigenvalue weighted by Crippen LogP contribution is 2.34. The van der Waals surface area contributed by atoms with E-state index in [9.17, 15) is 0 Å². The van der Waals surface area contributed by atoms with Gasteiger partial charge in [0.2, 0.25) is 0 Å². The number of benzene rings is 1. The van der Waals surface area contributed by atoms with Crippen LogP contribution >= 0.6 is 0 Å². The summed E-state index contributed by atoms with van der Waals surface area (Å²) in [6, 6.07) is 13.3. The van der Waals surface area contributed by atoms with Crippen molar-refractivity contribution in [3.05, 3.63) is 60.4 Å². The third-order valence-corrected chi connectivity index (χ3v) is 4.60. The van der Waals surface area contributed by atoms with E-state index in [1.807, 2.05) is 42.6 Å². The Morgan fingerprint density at radius 2 is 2.00 bits per heavy atom. The molecule has 0 saturated carbocycles. The van der Waals surface area contributed by atoms with Gasteiger partial charge >= 0.3 is 0 Å². The van der Waals surface area contributed by atoms with Crippen molar-refractivity contribution in [1.82, 2.24) is 10.3 Å². The summed E-state index contributed by atoms with van der Waals surface area (Å²) in [6.07, 6.45) is 12.1. The standard InChI is InChI=1S/C19H20N2O/c1-2-4-17(5-3-1)22-18-10-14(12-20-13-18)6-7-15-11-16-8-9-19(15)21-16/h1-7,10,12-13,15-16,19,21H,8-9,11H2. The first-order valence-electron chi connectivity index (χ1n) is 7.99. The SMILES string of the molecule is C(=CC1CC2CCC1N2)c1cncc(Oc2ccccc2)c1. The van der Waals surface area contributed by atoms with Gasteiger partial charge in [-0.3, -0.25) is 4.98 Å². The van der Waals surface area contributed by atoms with Gasteiger partial charge in [0.1, 0.15) is 11.5 Å². The first-order chi connectivity index (χ1) is 10.9. The van der Waals surface area contributed by atoms with E-state index in [0.717, 1.165) is 23.1 Å². The smallest absolute Gasteiger partial charge is 0.146 e. The van der Waals surface area contributed by atoms with Crippen molar-refractivity contribution in [3.63, 3.8) is 0 Å². The lowest BCUT2D eigenvalue weighted by Gasteiger charge is -2.15. The average molecular weight is 292 g/mol. The van der Waals surface area contributed by atoms with E-state index in [1.54, 1.807) is 6.20 Å². The molecule has 3 heteroatoms. The number of fused-ring (bicyclic) bond motifs is 2. The van der Waals surface area contributed by atoms with E-state index in [-0.39, 0.29) is 0 Å². The van der Waals surface area contributed by atoms with Gasteiger partial charge in [0.25, 0.3) is 0 Å². The second-order valence-corrected chi connectivity index (χ2v) is 6.18. The molecule has 3 atom stereocenters. The molecule has 0 amide bonds. The maximum atomic E-state index is 5.83. The van der Waals surface area contributed by atoms with Crippen LogP contribution in [0.15, 0.2) is 54.9 Å². The lowest BCUT2D eigenvalue weighted by molar-refractivity contribution is 0.479. The lowest BCUT2D eigenvalue weighted by Crippen LogP contribution is -2.21. The zero-order valence-electron chi connectivity index (χ0n) is 12.5. The number of para-hydroxylation sites is 1. The Bertz CT molecular complexity index is 668. The van der Waals surface area contributed by atoms with Crippen LogP contribution in [-0.2, 0) is 0 Å². The third-order valence-electron chi connectivity index (χ3n) is 4.60. The van der Waals surface area contributed by atoms with Gasteiger partial charge in [-0.1, -0.05) is 30.4 Å². The minimum Gasteiger partial charge on any atom is -0.456 e. The van der Waals surface area contributed by atoms with Gasteiger partial charge in [-0.05, 0) is 48.9 Å². The van der Waals surface area contributed by atoms with Gasteiger partial charge in [0.15, 0.2) is 0 Å². The highest BCUT2D eigenvalue weighted by atomic mass is 16.5. The zero-order chi connectivity index (χ0) is 14.8. The number of rotatable bonds is 4. The van der Waals surface area contributed by atoms with E-state index in [0.29, 0.717) is 12.0 Å². The Labute approximate surface area is 131 Å². The normalized spacial score (nSPS) is 26.6. The fourth-order valence-corrected chi connectivity index (χ4v) is 3.52. The molecule has 3 nitrogen and oxygen atoms in total. The quantitative estimate of drug-likeness (QED) is 0.924. The monoisotopic (exact) mass is 292 g/mol. The Balaban J connectivity index is 1.45. The largest absolute Gasteiger partial charge is 0.456 e. The molecule has 2 aliphatic heterocycles. The number of aromatic nitrogens is 1. The Kier molecular flexibility index (Phi) is 3.65. The van der Waals surface area contributed by atoms with Gasteiger partial charge in [-0.25, -0.2) is 0 Å². The lowest BCUT2D eigenvalue weighted by atomic mass is 9.89. The van der Waals surface area contributed by atoms with E-state index < -0.39 is 0 Å². The molecule has 4 rings (SSSR count). The van der Waals surface area contributed by atoms with Gasteiger partial charge in [-0.2, -0.15) is 0 Å². The minimum absolute atomic E-state index is 0.664. The zero-order valence-corrected chi connectivity index (χ0v) is 12.5. The molecule has 2 aliphatic rings. The number of hydrogen-bond acceptors (Lipinski definition) is 3. The van der Waals surface area contributed by atoms with E-state index >= 15 is 0 Å². The molecule has 2 bridgehead atoms. The highest BCUT2D eigenvalue weighted by Gasteiger charge is 2.37. The molecule has 22 heavy (non-hydrogen) atoms. The topological polar surface area (TPSA) is 34.2 Å². The summed E-state index contributed by atoms with van der Waals surface area (Å²) in [4.78, 5) is 4.28. The van der Waals surface area contributed by atoms with Crippen LogP contribution in [0.3, 0.4) is 0 Å². The first kappa shape index (κ1) is 13.5. The van der Waals surface area contributed by atoms with Crippen LogP contribution in [0.5, 0.6) is 11.5 Å². The van der Waals surface area contributed by atoms with E-state index in [2.05, 4.69) is 22.5 Å². The van der Waals surface area contributed by atoms with E-state index in [1.165, 1.54) is 19.3 Å². The molecule has 2 aromatic rings. The molecule has 3 heterocycles. The van der Waals surface area contributed by atoms with Crippen LogP contribution in [0.1, 0.15) is 24.8 Å². The molecular weight excluding hydrogens is 272 g/mol. The van der Waals surface area contributed by atoms with Crippen molar-refractivity contribution in [3.8, 4) is 11.5 Å². The molecule has 0 aliphatic carbocycles. The molecule has 1 aromatic carbocycles. The predicted octanol–water partition coefficient (Wildman–Crippen LogP) is 4.03. The van der Waals surface area contributed by atoms with E-state index in [4.69, 9.17) is 4.74 Å². The predicted molar refractivity (Wildman–Crippen MR) is 87.8 cm³/mol. The first-order valence-corrected chi connectivity index (χ1v) is 7.99. The minimum atomic E-state index is 0.664. The summed E-state index contributed by atoms with van der Waals surface area (Å²) < 4.78 is 5.83. The molecule has 112 valence electrons. The average Bonchev–Trinajstić information content (AvgIpc) is 3.17. The molecule has 2 saturated heterocycles. The highest BCUT2D eigenvalue weighted by molar-refractivity contribution is 5.51. The van der Waals surface area contributed by atoms with Gasteiger partial charge < -0.3 is 10.1 Å². The van der Waals surface area contributed by atoms with Crippen molar-refractivity contribution < 1.29 is 4.74 Å². The van der Waals surface area contributed by atoms with Crippen molar-refractivity contribution >= 4 is 6.08 Å². The van der Waals surface area contributed by atoms with Crippen LogP contribution in [0, 0.1) is 5.92 Å². The number of pyridine rings is 1. The summed E-state index contributed by atoms with van der Waals surface area (Å²) in [7, 11) is 0. The number of nitrogens with zero attached hydrogens (tertiary/aromatic N) is 1. The van der Waals surface area contributed by atoms with Gasteiger partial charge in [0.05, 0.1) is 6.20 Å². The van der Waals surface area contributed by atoms with Crippen LogP contribution in [0.25, 0.3) is 6.08 Å². The maximum absolute atomic E-state index is 5.83. The van der Waals surface area contributed by atoms with Gasteiger partial charge in [0, 0.05) is 18.3 Å². The number of nitrogens with one attached hydrogen (secondary N) is 1. The van der Waals surface area contributed by atoms with Crippen molar-refractivity contribution in [1.29, 1.82) is 0 Å². The molecule has 1 N–H and O–H groups in total. The third kappa shape index (κ3) is 2.90. The Morgan fingerprint density at radius 3 is 2.77 bits per heavy atom. The fraction of sp³-hybridized carbons (Fsp3) is 0.316. The summed E-state index contributed by atoms with van der Waals surface area (Å²) in [6.45, 7) is 0. The molecule has 0 spiro atoms. The summed E-state index contributed by atoms with van der Waals surface area (Å²) in [5, 5.41) is 3.67. The molecule has 0 radical (unpaired) electrons. The van der Waals surface area contributed by atoms with Crippen molar-refractivity contribution in [2.75, 3.05) is 0 Å². The summed E-state index contributed by atoms with van der Waals surface area (Å²) >= 11 is 0. The van der Waals surface area contributed by atoms with Crippen LogP contribution in [0.4, 0.5) is 0 Å². The van der Waals surface area contributed by atoms with Crippen LogP contribution in [0.2, 0.25) is 0 Å². The van der Waals surface area contributed by atoms with Crippen LogP contribution < -0.4 is 10.1 Å².